The van der Waals surface area contributed by atoms with Gasteiger partial charge in [0.2, 0.25) is 5.91 Å². The minimum Gasteiger partial charge on any atom is -0.453 e. The van der Waals surface area contributed by atoms with Crippen LogP contribution in [0.5, 0.6) is 11.5 Å². The fourth-order valence-corrected chi connectivity index (χ4v) is 5.89. The number of Topliss-reactive ketones (excluding diaryl/α,β-unsaturated/α-hetero) is 1. The number of halogens is 1. The summed E-state index contributed by atoms with van der Waals surface area (Å²) >= 11 is 1.48. The maximum Gasteiger partial charge on any atom is 0.222 e. The summed E-state index contributed by atoms with van der Waals surface area (Å²) in [5.74, 6) is 1.76. The summed E-state index contributed by atoms with van der Waals surface area (Å²) in [7, 11) is 1.94. The van der Waals surface area contributed by atoms with Gasteiger partial charge in [-0.2, -0.15) is 0 Å². The largest absolute Gasteiger partial charge is 0.453 e. The lowest BCUT2D eigenvalue weighted by atomic mass is 10.0. The number of thiophene rings is 1. The van der Waals surface area contributed by atoms with Crippen LogP contribution in [0.2, 0.25) is 0 Å². The zero-order valence-corrected chi connectivity index (χ0v) is 21.4. The third kappa shape index (κ3) is 5.00. The molecule has 37 heavy (non-hydrogen) atoms. The summed E-state index contributed by atoms with van der Waals surface area (Å²) in [6, 6.07) is 8.39. The molecular weight excluding hydrogens is 491 g/mol. The SMILES string of the molecule is Cn1c(CN2CCCC2=O)cnc1-c1cc2nccc(Oc3ccc(CC(=O)CC4CC4)cc3F)c2s1. The summed E-state index contributed by atoms with van der Waals surface area (Å²) in [4.78, 5) is 36.0. The number of likely N-dealkylation sites (tertiary alicyclic amines) is 1. The topological polar surface area (TPSA) is 77.3 Å². The van der Waals surface area contributed by atoms with Crippen LogP contribution in [-0.4, -0.2) is 37.7 Å². The van der Waals surface area contributed by atoms with Gasteiger partial charge in [-0.15, -0.1) is 11.3 Å². The van der Waals surface area contributed by atoms with Gasteiger partial charge in [-0.3, -0.25) is 14.6 Å². The molecule has 1 aliphatic carbocycles. The molecule has 1 aromatic carbocycles. The first kappa shape index (κ1) is 23.8. The maximum absolute atomic E-state index is 14.9. The fourth-order valence-electron chi connectivity index (χ4n) is 4.79. The van der Waals surface area contributed by atoms with Crippen molar-refractivity contribution < 1.29 is 18.7 Å². The number of nitrogens with zero attached hydrogens (tertiary/aromatic N) is 4. The lowest BCUT2D eigenvalue weighted by Crippen LogP contribution is -2.25. The third-order valence-electron chi connectivity index (χ3n) is 7.04. The predicted octanol–water partition coefficient (Wildman–Crippen LogP) is 5.66. The van der Waals surface area contributed by atoms with Gasteiger partial charge in [-0.25, -0.2) is 9.37 Å². The van der Waals surface area contributed by atoms with Crippen molar-refractivity contribution in [3.63, 3.8) is 0 Å². The molecular formula is C28H27FN4O3S. The molecule has 6 rings (SSSR count). The number of hydrogen-bond acceptors (Lipinski definition) is 6. The maximum atomic E-state index is 14.9. The number of imidazole rings is 1. The van der Waals surface area contributed by atoms with Crippen LogP contribution >= 0.6 is 11.3 Å². The van der Waals surface area contributed by atoms with Crippen LogP contribution in [0.3, 0.4) is 0 Å². The Morgan fingerprint density at radius 3 is 2.81 bits per heavy atom. The smallest absolute Gasteiger partial charge is 0.222 e. The molecule has 4 aromatic rings. The van der Waals surface area contributed by atoms with Crippen LogP contribution in [0, 0.1) is 11.7 Å². The first-order valence-corrected chi connectivity index (χ1v) is 13.4. The molecule has 0 N–H and O–H groups in total. The lowest BCUT2D eigenvalue weighted by Gasteiger charge is -2.15. The van der Waals surface area contributed by atoms with E-state index in [1.165, 1.54) is 17.4 Å². The van der Waals surface area contributed by atoms with E-state index in [2.05, 4.69) is 9.97 Å². The third-order valence-corrected chi connectivity index (χ3v) is 8.17. The highest BCUT2D eigenvalue weighted by molar-refractivity contribution is 7.22. The summed E-state index contributed by atoms with van der Waals surface area (Å²) in [6.45, 7) is 1.32. The number of benzene rings is 1. The molecule has 9 heteroatoms. The Kier molecular flexibility index (Phi) is 6.24. The first-order valence-electron chi connectivity index (χ1n) is 12.6. The molecule has 3 aromatic heterocycles. The monoisotopic (exact) mass is 518 g/mol. The van der Waals surface area contributed by atoms with Gasteiger partial charge in [0.05, 0.1) is 33.5 Å². The van der Waals surface area contributed by atoms with Gasteiger partial charge in [0.15, 0.2) is 11.6 Å². The average molecular weight is 519 g/mol. The highest BCUT2D eigenvalue weighted by Gasteiger charge is 2.25. The van der Waals surface area contributed by atoms with Gasteiger partial charge < -0.3 is 14.2 Å². The highest BCUT2D eigenvalue weighted by Crippen LogP contribution is 2.39. The quantitative estimate of drug-likeness (QED) is 0.286. The Labute approximate surface area is 217 Å². The minimum atomic E-state index is -0.497. The molecule has 2 aliphatic rings. The Balaban J connectivity index is 1.22. The number of hydrogen-bond donors (Lipinski definition) is 0. The standard InChI is InChI=1S/C28H27FN4O3S/c1-32-19(16-33-10-2-3-26(33)35)15-31-28(32)25-14-22-27(37-25)24(8-9-30-22)36-23-7-6-18(13-21(23)29)12-20(34)11-17-4-5-17/h6-9,13-15,17H,2-5,10-12,16H2,1H3. The Bertz CT molecular complexity index is 1510. The molecule has 1 saturated carbocycles. The molecule has 1 saturated heterocycles. The van der Waals surface area contributed by atoms with Gasteiger partial charge >= 0.3 is 0 Å². The van der Waals surface area contributed by atoms with Crippen molar-refractivity contribution in [2.24, 2.45) is 13.0 Å². The van der Waals surface area contributed by atoms with Crippen molar-refractivity contribution in [3.05, 3.63) is 59.8 Å². The molecule has 0 bridgehead atoms. The van der Waals surface area contributed by atoms with Crippen molar-refractivity contribution >= 4 is 33.2 Å². The van der Waals surface area contributed by atoms with Crippen LogP contribution in [0.15, 0.2) is 42.7 Å². The molecule has 7 nitrogen and oxygen atoms in total. The molecule has 190 valence electrons. The van der Waals surface area contributed by atoms with E-state index in [0.29, 0.717) is 36.6 Å². The van der Waals surface area contributed by atoms with Gasteiger partial charge in [0.25, 0.3) is 0 Å². The highest BCUT2D eigenvalue weighted by atomic mass is 32.1. The van der Waals surface area contributed by atoms with E-state index in [4.69, 9.17) is 4.74 Å². The van der Waals surface area contributed by atoms with Crippen molar-refractivity contribution in [2.45, 2.75) is 45.1 Å². The number of carbonyl (C=O) groups excluding carboxylic acids is 2. The van der Waals surface area contributed by atoms with Crippen LogP contribution in [0.25, 0.3) is 20.9 Å². The summed E-state index contributed by atoms with van der Waals surface area (Å²) in [5, 5.41) is 0. The van der Waals surface area contributed by atoms with E-state index >= 15 is 0 Å². The average Bonchev–Trinajstić information content (AvgIpc) is 3.24. The zero-order chi connectivity index (χ0) is 25.5. The number of aromatic nitrogens is 3. The van der Waals surface area contributed by atoms with Crippen LogP contribution in [0.1, 0.15) is 43.4 Å². The van der Waals surface area contributed by atoms with Gasteiger partial charge in [-0.05, 0) is 48.9 Å². The molecule has 1 aliphatic heterocycles. The molecule has 0 spiro atoms. The first-order chi connectivity index (χ1) is 17.9. The van der Waals surface area contributed by atoms with Crippen molar-refractivity contribution in [1.29, 1.82) is 0 Å². The van der Waals surface area contributed by atoms with Crippen LogP contribution in [-0.2, 0) is 29.6 Å². The molecule has 4 heterocycles. The zero-order valence-electron chi connectivity index (χ0n) is 20.6. The second-order valence-corrected chi connectivity index (χ2v) is 11.0. The molecule has 1 amide bonds. The lowest BCUT2D eigenvalue weighted by molar-refractivity contribution is -0.128. The Morgan fingerprint density at radius 2 is 2.05 bits per heavy atom. The molecule has 0 atom stereocenters. The number of ether oxygens (including phenoxy) is 1. The minimum absolute atomic E-state index is 0.107. The summed E-state index contributed by atoms with van der Waals surface area (Å²) in [5.41, 5.74) is 2.36. The Morgan fingerprint density at radius 1 is 1.19 bits per heavy atom. The number of carbonyl (C=O) groups is 2. The Hall–Kier alpha value is -3.59. The predicted molar refractivity (Wildman–Crippen MR) is 139 cm³/mol. The number of pyridine rings is 1. The van der Waals surface area contributed by atoms with Crippen molar-refractivity contribution in [3.8, 4) is 22.2 Å². The number of rotatable bonds is 9. The van der Waals surface area contributed by atoms with Crippen LogP contribution in [0.4, 0.5) is 4.39 Å². The normalized spacial score (nSPS) is 15.6. The van der Waals surface area contributed by atoms with E-state index in [0.717, 1.165) is 52.4 Å². The summed E-state index contributed by atoms with van der Waals surface area (Å²) in [6.07, 6.45) is 8.04. The number of fused-ring (bicyclic) bond motifs is 1. The van der Waals surface area contributed by atoms with Crippen molar-refractivity contribution in [2.75, 3.05) is 6.54 Å². The van der Waals surface area contributed by atoms with E-state index in [-0.39, 0.29) is 23.9 Å². The number of ketones is 1. The van der Waals surface area contributed by atoms with Gasteiger partial charge in [0.1, 0.15) is 17.4 Å². The van der Waals surface area contributed by atoms with E-state index in [9.17, 15) is 14.0 Å². The van der Waals surface area contributed by atoms with Crippen molar-refractivity contribution in [1.82, 2.24) is 19.4 Å². The van der Waals surface area contributed by atoms with E-state index in [1.807, 2.05) is 28.8 Å². The molecule has 0 unspecified atom stereocenters. The second-order valence-electron chi connectivity index (χ2n) is 9.91. The number of amides is 1. The summed E-state index contributed by atoms with van der Waals surface area (Å²) < 4.78 is 23.7. The van der Waals surface area contributed by atoms with Crippen LogP contribution < -0.4 is 4.74 Å². The van der Waals surface area contributed by atoms with E-state index < -0.39 is 5.82 Å². The molecule has 0 radical (unpaired) electrons. The van der Waals surface area contributed by atoms with Gasteiger partial charge in [-0.1, -0.05) is 6.07 Å². The molecule has 2 fully saturated rings. The van der Waals surface area contributed by atoms with E-state index in [1.54, 1.807) is 24.4 Å². The fraction of sp³-hybridized carbons (Fsp3) is 0.357. The second kappa shape index (κ2) is 9.70. The van der Waals surface area contributed by atoms with Gasteiger partial charge in [0, 0.05) is 45.1 Å².